The molecule has 0 aliphatic heterocycles. The highest BCUT2D eigenvalue weighted by atomic mass is 35.5. The van der Waals surface area contributed by atoms with E-state index in [0.717, 1.165) is 5.56 Å². The van der Waals surface area contributed by atoms with Crippen LogP contribution in [0.2, 0.25) is 15.1 Å². The smallest absolute Gasteiger partial charge is 0.230 e. The molecule has 3 rings (SSSR count). The lowest BCUT2D eigenvalue weighted by Crippen LogP contribution is -2.28. The summed E-state index contributed by atoms with van der Waals surface area (Å²) >= 11 is 19.1. The van der Waals surface area contributed by atoms with Crippen molar-refractivity contribution >= 4 is 52.5 Å². The van der Waals surface area contributed by atoms with Crippen LogP contribution in [0.15, 0.2) is 47.6 Å². The second kappa shape index (κ2) is 10.3. The van der Waals surface area contributed by atoms with Crippen LogP contribution < -0.4 is 15.9 Å². The highest BCUT2D eigenvalue weighted by Gasteiger charge is 2.16. The molecular weight excluding hydrogens is 469 g/mol. The van der Waals surface area contributed by atoms with Crippen molar-refractivity contribution in [3.8, 4) is 5.75 Å². The maximum absolute atomic E-state index is 12.3. The second-order valence-corrected chi connectivity index (χ2v) is 8.48. The molecule has 1 aromatic heterocycles. The summed E-state index contributed by atoms with van der Waals surface area (Å²) in [7, 11) is 0. The molecule has 2 aromatic carbocycles. The number of nitrogens with two attached hydrogens (primary N) is 1. The van der Waals surface area contributed by atoms with Crippen LogP contribution in [0.4, 0.5) is 0 Å². The van der Waals surface area contributed by atoms with Gasteiger partial charge < -0.3 is 15.9 Å². The van der Waals surface area contributed by atoms with Gasteiger partial charge in [0.1, 0.15) is 12.4 Å². The van der Waals surface area contributed by atoms with Gasteiger partial charge in [-0.2, -0.15) is 0 Å². The number of carbonyl (C=O) groups is 1. The van der Waals surface area contributed by atoms with E-state index in [1.165, 1.54) is 16.4 Å². The number of rotatable bonds is 8. The number of halogens is 3. The van der Waals surface area contributed by atoms with Crippen LogP contribution in [-0.2, 0) is 11.4 Å². The third-order valence-electron chi connectivity index (χ3n) is 4.06. The maximum Gasteiger partial charge on any atom is 0.230 e. The van der Waals surface area contributed by atoms with Gasteiger partial charge in [-0.1, -0.05) is 52.6 Å². The highest BCUT2D eigenvalue weighted by Crippen LogP contribution is 2.26. The number of hydrogen-bond acceptors (Lipinski definition) is 6. The van der Waals surface area contributed by atoms with Crippen molar-refractivity contribution in [1.29, 1.82) is 0 Å². The second-order valence-electron chi connectivity index (χ2n) is 6.26. The van der Waals surface area contributed by atoms with Crippen LogP contribution in [0.25, 0.3) is 0 Å². The van der Waals surface area contributed by atoms with Crippen molar-refractivity contribution in [2.75, 3.05) is 11.6 Å². The van der Waals surface area contributed by atoms with E-state index in [1.54, 1.807) is 42.5 Å². The summed E-state index contributed by atoms with van der Waals surface area (Å²) in [5.74, 6) is 6.99. The maximum atomic E-state index is 12.3. The molecule has 11 heteroatoms. The predicted molar refractivity (Wildman–Crippen MR) is 120 cm³/mol. The topological polar surface area (TPSA) is 95.1 Å². The van der Waals surface area contributed by atoms with E-state index in [2.05, 4.69) is 15.5 Å². The molecule has 0 unspecified atom stereocenters. The Hall–Kier alpha value is -2.13. The van der Waals surface area contributed by atoms with Crippen molar-refractivity contribution in [2.24, 2.45) is 0 Å². The molecule has 3 N–H and O–H groups in total. The molecule has 0 aliphatic carbocycles. The number of carbonyl (C=O) groups excluding carboxylic acids is 1. The van der Waals surface area contributed by atoms with E-state index < -0.39 is 0 Å². The summed E-state index contributed by atoms with van der Waals surface area (Å²) in [6.07, 6.45) is 0. The van der Waals surface area contributed by atoms with E-state index in [4.69, 9.17) is 45.4 Å². The summed E-state index contributed by atoms with van der Waals surface area (Å²) in [4.78, 5) is 12.3. The lowest BCUT2D eigenvalue weighted by Gasteiger charge is -2.15. The minimum absolute atomic E-state index is 0.114. The molecule has 0 radical (unpaired) electrons. The number of nitrogens with one attached hydrogen (secondary N) is 1. The molecule has 1 amide bonds. The third kappa shape index (κ3) is 5.95. The number of benzene rings is 2. The first-order valence-electron chi connectivity index (χ1n) is 8.78. The summed E-state index contributed by atoms with van der Waals surface area (Å²) in [6, 6.07) is 11.8. The number of aromatic nitrogens is 3. The zero-order valence-corrected chi connectivity index (χ0v) is 18.9. The molecule has 0 spiro atoms. The van der Waals surface area contributed by atoms with Crippen molar-refractivity contribution in [2.45, 2.75) is 24.7 Å². The normalized spacial score (nSPS) is 11.9. The van der Waals surface area contributed by atoms with Crippen molar-refractivity contribution in [1.82, 2.24) is 20.2 Å². The van der Waals surface area contributed by atoms with Crippen LogP contribution in [-0.4, -0.2) is 26.5 Å². The number of ether oxygens (including phenoxy) is 1. The molecule has 1 heterocycles. The van der Waals surface area contributed by atoms with Crippen molar-refractivity contribution < 1.29 is 9.53 Å². The molecule has 0 aliphatic rings. The Labute approximate surface area is 192 Å². The van der Waals surface area contributed by atoms with Crippen LogP contribution >= 0.6 is 46.6 Å². The Morgan fingerprint density at radius 3 is 2.57 bits per heavy atom. The van der Waals surface area contributed by atoms with Crippen molar-refractivity contribution in [3.63, 3.8) is 0 Å². The number of amides is 1. The lowest BCUT2D eigenvalue weighted by atomic mass is 10.1. The van der Waals surface area contributed by atoms with Gasteiger partial charge in [0.25, 0.3) is 0 Å². The molecule has 7 nitrogen and oxygen atoms in total. The van der Waals surface area contributed by atoms with Crippen LogP contribution in [0, 0.1) is 0 Å². The first kappa shape index (κ1) is 22.6. The van der Waals surface area contributed by atoms with Gasteiger partial charge in [-0.25, -0.2) is 4.68 Å². The van der Waals surface area contributed by atoms with E-state index in [9.17, 15) is 4.79 Å². The molecule has 3 aromatic rings. The largest absolute Gasteiger partial charge is 0.486 e. The van der Waals surface area contributed by atoms with Gasteiger partial charge in [0.05, 0.1) is 11.8 Å². The zero-order chi connectivity index (χ0) is 21.7. The van der Waals surface area contributed by atoms with E-state index in [0.29, 0.717) is 31.8 Å². The fourth-order valence-electron chi connectivity index (χ4n) is 2.53. The monoisotopic (exact) mass is 485 g/mol. The quantitative estimate of drug-likeness (QED) is 0.359. The average molecular weight is 487 g/mol. The summed E-state index contributed by atoms with van der Waals surface area (Å²) in [5, 5.41) is 13.0. The summed E-state index contributed by atoms with van der Waals surface area (Å²) in [6.45, 7) is 1.97. The number of thioether (sulfide) groups is 1. The fraction of sp³-hybridized carbons (Fsp3) is 0.211. The van der Waals surface area contributed by atoms with Gasteiger partial charge in [0, 0.05) is 15.1 Å². The minimum atomic E-state index is -0.276. The van der Waals surface area contributed by atoms with Gasteiger partial charge in [-0.15, -0.1) is 10.2 Å². The molecule has 0 fully saturated rings. The van der Waals surface area contributed by atoms with Crippen molar-refractivity contribution in [3.05, 3.63) is 68.9 Å². The van der Waals surface area contributed by atoms with Crippen LogP contribution in [0.5, 0.6) is 5.75 Å². The van der Waals surface area contributed by atoms with Crippen LogP contribution in [0.3, 0.4) is 0 Å². The van der Waals surface area contributed by atoms with Gasteiger partial charge >= 0.3 is 0 Å². The first-order chi connectivity index (χ1) is 14.3. The summed E-state index contributed by atoms with van der Waals surface area (Å²) < 4.78 is 6.91. The average Bonchev–Trinajstić information content (AvgIpc) is 3.05. The Bertz CT molecular complexity index is 1030. The van der Waals surface area contributed by atoms with Gasteiger partial charge in [0.15, 0.2) is 5.82 Å². The Kier molecular flexibility index (Phi) is 7.71. The molecular formula is C19H18Cl3N5O2S. The molecule has 158 valence electrons. The first-order valence-corrected chi connectivity index (χ1v) is 10.9. The molecule has 30 heavy (non-hydrogen) atoms. The Morgan fingerprint density at radius 2 is 1.87 bits per heavy atom. The fourth-order valence-corrected chi connectivity index (χ4v) is 3.91. The number of nitrogen functional groups attached to an aromatic ring is 1. The minimum Gasteiger partial charge on any atom is -0.486 e. The number of nitrogens with zero attached hydrogens (tertiary/aromatic N) is 3. The predicted octanol–water partition coefficient (Wildman–Crippen LogP) is 4.50. The van der Waals surface area contributed by atoms with Gasteiger partial charge in [-0.3, -0.25) is 4.79 Å². The molecule has 1 atom stereocenters. The molecule has 0 saturated heterocycles. The molecule has 0 bridgehead atoms. The van der Waals surface area contributed by atoms with E-state index in [-0.39, 0.29) is 24.3 Å². The Balaban J connectivity index is 1.51. The highest BCUT2D eigenvalue weighted by molar-refractivity contribution is 7.99. The number of hydrogen-bond donors (Lipinski definition) is 2. The Morgan fingerprint density at radius 1 is 1.17 bits per heavy atom. The lowest BCUT2D eigenvalue weighted by molar-refractivity contribution is -0.119. The standard InChI is InChI=1S/C19H18Cl3N5O2S/c1-11(15-7-4-13(21)8-16(15)22)24-18(28)10-30-19-26-25-17(27(19)23)9-29-14-5-2-12(20)3-6-14/h2-8,11H,9-10,23H2,1H3,(H,24,28)/t11-/m0/s1. The van der Waals surface area contributed by atoms with Gasteiger partial charge in [0.2, 0.25) is 11.1 Å². The zero-order valence-electron chi connectivity index (χ0n) is 15.8. The van der Waals surface area contributed by atoms with Crippen LogP contribution in [0.1, 0.15) is 24.4 Å². The van der Waals surface area contributed by atoms with E-state index >= 15 is 0 Å². The third-order valence-corrected chi connectivity index (χ3v) is 5.81. The molecule has 0 saturated carbocycles. The summed E-state index contributed by atoms with van der Waals surface area (Å²) in [5.41, 5.74) is 0.781. The van der Waals surface area contributed by atoms with E-state index in [1.807, 2.05) is 6.92 Å². The SMILES string of the molecule is C[C@H](NC(=O)CSc1nnc(COc2ccc(Cl)cc2)n1N)c1ccc(Cl)cc1Cl. The van der Waals surface area contributed by atoms with Gasteiger partial charge in [-0.05, 0) is 48.9 Å².